The van der Waals surface area contributed by atoms with E-state index < -0.39 is 0 Å². The maximum atomic E-state index is 5.92. The molecule has 18 heavy (non-hydrogen) atoms. The van der Waals surface area contributed by atoms with E-state index in [0.717, 1.165) is 19.6 Å². The van der Waals surface area contributed by atoms with E-state index in [4.69, 9.17) is 4.74 Å². The number of morpholine rings is 1. The predicted molar refractivity (Wildman–Crippen MR) is 78.1 cm³/mol. The molecule has 1 aliphatic rings. The highest BCUT2D eigenvalue weighted by Gasteiger charge is 2.30. The number of nitrogens with one attached hydrogen (secondary N) is 1. The van der Waals surface area contributed by atoms with Gasteiger partial charge in [-0.2, -0.15) is 0 Å². The molecule has 0 amide bonds. The molecule has 108 valence electrons. The molecule has 0 radical (unpaired) electrons. The summed E-state index contributed by atoms with van der Waals surface area (Å²) in [5.74, 6) is 0. The van der Waals surface area contributed by atoms with Gasteiger partial charge in [-0.05, 0) is 46.7 Å². The molecule has 0 aromatic heterocycles. The third-order valence-electron chi connectivity index (χ3n) is 3.34. The third kappa shape index (κ3) is 6.72. The molecule has 1 rings (SSSR count). The molecule has 0 spiro atoms. The van der Waals surface area contributed by atoms with Crippen LogP contribution in [0.4, 0.5) is 0 Å². The first kappa shape index (κ1) is 15.9. The van der Waals surface area contributed by atoms with E-state index in [9.17, 15) is 0 Å². The first-order valence-electron chi connectivity index (χ1n) is 7.52. The SMILES string of the molecule is CC(C)NCCCCCN1CC(C)OC(C)(C)C1. The minimum atomic E-state index is 0.0247. The van der Waals surface area contributed by atoms with Crippen LogP contribution in [0.5, 0.6) is 0 Å². The molecule has 1 fully saturated rings. The molecule has 1 aliphatic heterocycles. The quantitative estimate of drug-likeness (QED) is 0.709. The fourth-order valence-electron chi connectivity index (χ4n) is 2.78. The molecule has 0 bridgehead atoms. The lowest BCUT2D eigenvalue weighted by Crippen LogP contribution is -2.51. The van der Waals surface area contributed by atoms with Crippen molar-refractivity contribution in [2.75, 3.05) is 26.2 Å². The summed E-state index contributed by atoms with van der Waals surface area (Å²) in [5.41, 5.74) is 0.0247. The van der Waals surface area contributed by atoms with Gasteiger partial charge >= 0.3 is 0 Å². The van der Waals surface area contributed by atoms with E-state index in [2.05, 4.69) is 44.8 Å². The van der Waals surface area contributed by atoms with Crippen molar-refractivity contribution in [3.05, 3.63) is 0 Å². The summed E-state index contributed by atoms with van der Waals surface area (Å²) in [4.78, 5) is 2.56. The molecule has 3 heteroatoms. The van der Waals surface area contributed by atoms with Gasteiger partial charge in [0.15, 0.2) is 0 Å². The van der Waals surface area contributed by atoms with Crippen molar-refractivity contribution in [2.24, 2.45) is 0 Å². The molecule has 1 N–H and O–H groups in total. The van der Waals surface area contributed by atoms with Crippen LogP contribution in [0.25, 0.3) is 0 Å². The highest BCUT2D eigenvalue weighted by molar-refractivity contribution is 4.82. The Balaban J connectivity index is 2.08. The van der Waals surface area contributed by atoms with E-state index in [1.165, 1.54) is 25.8 Å². The lowest BCUT2D eigenvalue weighted by atomic mass is 10.1. The average Bonchev–Trinajstić information content (AvgIpc) is 2.19. The summed E-state index contributed by atoms with van der Waals surface area (Å²) in [6.07, 6.45) is 4.30. The van der Waals surface area contributed by atoms with E-state index >= 15 is 0 Å². The first-order chi connectivity index (χ1) is 8.39. The second-order valence-electron chi connectivity index (χ2n) is 6.59. The van der Waals surface area contributed by atoms with Crippen molar-refractivity contribution in [1.29, 1.82) is 0 Å². The molecule has 3 nitrogen and oxygen atoms in total. The van der Waals surface area contributed by atoms with Gasteiger partial charge in [-0.3, -0.25) is 4.90 Å². The standard InChI is InChI=1S/C15H32N2O/c1-13(2)16-9-7-6-8-10-17-11-14(3)18-15(4,5)12-17/h13-14,16H,6-12H2,1-5H3. The van der Waals surface area contributed by atoms with Crippen LogP contribution in [0.3, 0.4) is 0 Å². The van der Waals surface area contributed by atoms with Gasteiger partial charge in [-0.1, -0.05) is 20.3 Å². The number of rotatable bonds is 7. The summed E-state index contributed by atoms with van der Waals surface area (Å²) in [5, 5.41) is 3.47. The molecular weight excluding hydrogens is 224 g/mol. The summed E-state index contributed by atoms with van der Waals surface area (Å²) in [7, 11) is 0. The van der Waals surface area contributed by atoms with Gasteiger partial charge in [0.2, 0.25) is 0 Å². The predicted octanol–water partition coefficient (Wildman–Crippen LogP) is 2.65. The van der Waals surface area contributed by atoms with Crippen LogP contribution >= 0.6 is 0 Å². The average molecular weight is 256 g/mol. The molecular formula is C15H32N2O. The Kier molecular flexibility index (Phi) is 6.61. The maximum Gasteiger partial charge on any atom is 0.0757 e. The zero-order chi connectivity index (χ0) is 13.6. The topological polar surface area (TPSA) is 24.5 Å². The van der Waals surface area contributed by atoms with Crippen molar-refractivity contribution < 1.29 is 4.74 Å². The minimum Gasteiger partial charge on any atom is -0.370 e. The second kappa shape index (κ2) is 7.46. The van der Waals surface area contributed by atoms with Gasteiger partial charge < -0.3 is 10.1 Å². The van der Waals surface area contributed by atoms with Crippen LogP contribution in [0.2, 0.25) is 0 Å². The highest BCUT2D eigenvalue weighted by Crippen LogP contribution is 2.20. The number of unbranched alkanes of at least 4 members (excludes halogenated alkanes) is 2. The summed E-state index contributed by atoms with van der Waals surface area (Å²) < 4.78 is 5.92. The van der Waals surface area contributed by atoms with E-state index in [-0.39, 0.29) is 5.60 Å². The van der Waals surface area contributed by atoms with Crippen molar-refractivity contribution in [2.45, 2.75) is 71.6 Å². The van der Waals surface area contributed by atoms with Crippen molar-refractivity contribution in [1.82, 2.24) is 10.2 Å². The smallest absolute Gasteiger partial charge is 0.0757 e. The summed E-state index contributed by atoms with van der Waals surface area (Å²) in [6, 6.07) is 0.617. The van der Waals surface area contributed by atoms with Crippen molar-refractivity contribution in [3.8, 4) is 0 Å². The normalized spacial score (nSPS) is 24.7. The van der Waals surface area contributed by atoms with Crippen LogP contribution in [0.15, 0.2) is 0 Å². The molecule has 1 heterocycles. The van der Waals surface area contributed by atoms with Gasteiger partial charge in [-0.15, -0.1) is 0 Å². The zero-order valence-electron chi connectivity index (χ0n) is 13.0. The molecule has 0 aromatic rings. The Labute approximate surface area is 113 Å². The monoisotopic (exact) mass is 256 g/mol. The Morgan fingerprint density at radius 2 is 2.00 bits per heavy atom. The van der Waals surface area contributed by atoms with Crippen LogP contribution in [0.1, 0.15) is 53.9 Å². The van der Waals surface area contributed by atoms with Gasteiger partial charge in [0.25, 0.3) is 0 Å². The number of ether oxygens (including phenoxy) is 1. The molecule has 0 saturated carbocycles. The van der Waals surface area contributed by atoms with E-state index in [0.29, 0.717) is 12.1 Å². The van der Waals surface area contributed by atoms with Gasteiger partial charge in [0.05, 0.1) is 11.7 Å². The lowest BCUT2D eigenvalue weighted by molar-refractivity contribution is -0.128. The minimum absolute atomic E-state index is 0.0247. The van der Waals surface area contributed by atoms with Gasteiger partial charge in [-0.25, -0.2) is 0 Å². The molecule has 1 saturated heterocycles. The fraction of sp³-hybridized carbons (Fsp3) is 1.00. The van der Waals surface area contributed by atoms with Gasteiger partial charge in [0.1, 0.15) is 0 Å². The Bertz CT molecular complexity index is 229. The molecule has 1 unspecified atom stereocenters. The molecule has 0 aliphatic carbocycles. The Morgan fingerprint density at radius 3 is 2.61 bits per heavy atom. The molecule has 1 atom stereocenters. The summed E-state index contributed by atoms with van der Waals surface area (Å²) >= 11 is 0. The summed E-state index contributed by atoms with van der Waals surface area (Å²) in [6.45, 7) is 15.5. The highest BCUT2D eigenvalue weighted by atomic mass is 16.5. The van der Waals surface area contributed by atoms with E-state index in [1.54, 1.807) is 0 Å². The van der Waals surface area contributed by atoms with Crippen molar-refractivity contribution >= 4 is 0 Å². The van der Waals surface area contributed by atoms with Crippen LogP contribution in [-0.2, 0) is 4.74 Å². The number of hydrogen-bond donors (Lipinski definition) is 1. The molecule has 0 aromatic carbocycles. The zero-order valence-corrected chi connectivity index (χ0v) is 13.0. The largest absolute Gasteiger partial charge is 0.370 e. The van der Waals surface area contributed by atoms with Crippen LogP contribution < -0.4 is 5.32 Å². The Hall–Kier alpha value is -0.120. The van der Waals surface area contributed by atoms with Crippen molar-refractivity contribution in [3.63, 3.8) is 0 Å². The maximum absolute atomic E-state index is 5.92. The fourth-order valence-corrected chi connectivity index (χ4v) is 2.78. The number of hydrogen-bond acceptors (Lipinski definition) is 3. The number of nitrogens with zero attached hydrogens (tertiary/aromatic N) is 1. The van der Waals surface area contributed by atoms with Gasteiger partial charge in [0, 0.05) is 19.1 Å². The first-order valence-corrected chi connectivity index (χ1v) is 7.52. The second-order valence-corrected chi connectivity index (χ2v) is 6.59. The van der Waals surface area contributed by atoms with Crippen LogP contribution in [0, 0.1) is 0 Å². The lowest BCUT2D eigenvalue weighted by Gasteiger charge is -2.41. The van der Waals surface area contributed by atoms with E-state index in [1.807, 2.05) is 0 Å². The third-order valence-corrected chi connectivity index (χ3v) is 3.34. The van der Waals surface area contributed by atoms with Crippen LogP contribution in [-0.4, -0.2) is 48.8 Å². The Morgan fingerprint density at radius 1 is 1.28 bits per heavy atom.